The number of aromatic nitrogens is 1. The second-order valence-electron chi connectivity index (χ2n) is 9.14. The van der Waals surface area contributed by atoms with Crippen LogP contribution < -0.4 is 19.1 Å². The summed E-state index contributed by atoms with van der Waals surface area (Å²) in [6.07, 6.45) is 1.82. The summed E-state index contributed by atoms with van der Waals surface area (Å²) in [6, 6.07) is 10.5. The van der Waals surface area contributed by atoms with Crippen molar-refractivity contribution in [2.75, 3.05) is 32.3 Å². The Kier molecular flexibility index (Phi) is 9.28. The number of ether oxygens (including phenoxy) is 4. The van der Waals surface area contributed by atoms with E-state index in [4.69, 9.17) is 18.9 Å². The van der Waals surface area contributed by atoms with Gasteiger partial charge in [-0.2, -0.15) is 0 Å². The van der Waals surface area contributed by atoms with Gasteiger partial charge in [-0.3, -0.25) is 14.5 Å². The Morgan fingerprint density at radius 2 is 1.78 bits per heavy atom. The molecule has 2 heterocycles. The lowest BCUT2D eigenvalue weighted by atomic mass is 9.95. The molecule has 1 amide bonds. The van der Waals surface area contributed by atoms with E-state index < -0.39 is 23.7 Å². The molecule has 2 aromatic carbocycles. The van der Waals surface area contributed by atoms with E-state index >= 15 is 0 Å². The zero-order chi connectivity index (χ0) is 29.7. The SMILES string of the molecule is CCCCOc1ccc(C2/C(=C(\O)c3ccc(OC)cc3)C(=O)C(=O)N2c2nc(C)c(C(=O)OC)s2)cc1OCC. The summed E-state index contributed by atoms with van der Waals surface area (Å²) < 4.78 is 21.8. The Hall–Kier alpha value is -4.38. The van der Waals surface area contributed by atoms with Crippen molar-refractivity contribution in [2.45, 2.75) is 39.7 Å². The Labute approximate surface area is 242 Å². The molecule has 0 saturated carbocycles. The second kappa shape index (κ2) is 12.9. The van der Waals surface area contributed by atoms with Crippen LogP contribution in [0.2, 0.25) is 0 Å². The Morgan fingerprint density at radius 1 is 1.05 bits per heavy atom. The van der Waals surface area contributed by atoms with Crippen LogP contribution in [0.1, 0.15) is 59.2 Å². The van der Waals surface area contributed by atoms with Gasteiger partial charge in [0.2, 0.25) is 0 Å². The maximum atomic E-state index is 13.6. The fraction of sp³-hybridized carbons (Fsp3) is 0.333. The number of hydrogen-bond acceptors (Lipinski definition) is 10. The van der Waals surface area contributed by atoms with Crippen molar-refractivity contribution >= 4 is 39.9 Å². The highest BCUT2D eigenvalue weighted by Gasteiger charge is 2.48. The van der Waals surface area contributed by atoms with Crippen molar-refractivity contribution in [3.8, 4) is 17.2 Å². The van der Waals surface area contributed by atoms with Gasteiger partial charge in [-0.1, -0.05) is 30.7 Å². The first-order valence-electron chi connectivity index (χ1n) is 13.2. The van der Waals surface area contributed by atoms with Crippen LogP contribution in [-0.4, -0.2) is 55.2 Å². The highest BCUT2D eigenvalue weighted by atomic mass is 32.1. The van der Waals surface area contributed by atoms with Crippen LogP contribution in [0.3, 0.4) is 0 Å². The van der Waals surface area contributed by atoms with E-state index in [2.05, 4.69) is 11.9 Å². The molecule has 1 aliphatic rings. The van der Waals surface area contributed by atoms with E-state index in [-0.39, 0.29) is 21.3 Å². The van der Waals surface area contributed by atoms with Crippen LogP contribution in [0, 0.1) is 6.92 Å². The number of aliphatic hydroxyl groups excluding tert-OH is 1. The zero-order valence-corrected chi connectivity index (χ0v) is 24.4. The molecule has 1 saturated heterocycles. The number of benzene rings is 2. The van der Waals surface area contributed by atoms with E-state index in [9.17, 15) is 19.5 Å². The molecule has 0 spiro atoms. The minimum Gasteiger partial charge on any atom is -0.507 e. The summed E-state index contributed by atoms with van der Waals surface area (Å²) in [5, 5.41) is 11.5. The molecule has 0 radical (unpaired) electrons. The molecule has 1 unspecified atom stereocenters. The predicted molar refractivity (Wildman–Crippen MR) is 154 cm³/mol. The number of Topliss-reactive ketones (excluding diaryl/α,β-unsaturated/α-hetero) is 1. The summed E-state index contributed by atoms with van der Waals surface area (Å²) in [4.78, 5) is 45.2. The topological polar surface area (TPSA) is 124 Å². The molecule has 1 aliphatic heterocycles. The molecule has 0 aliphatic carbocycles. The number of unbranched alkanes of at least 4 members (excludes halogenated alkanes) is 1. The summed E-state index contributed by atoms with van der Waals surface area (Å²) >= 11 is 0.930. The first-order chi connectivity index (χ1) is 19.7. The fourth-order valence-electron chi connectivity index (χ4n) is 4.43. The Bertz CT molecular complexity index is 1480. The highest BCUT2D eigenvalue weighted by Crippen LogP contribution is 2.45. The summed E-state index contributed by atoms with van der Waals surface area (Å²) in [5.41, 5.74) is 1.03. The van der Waals surface area contributed by atoms with Gasteiger partial charge >= 0.3 is 11.9 Å². The van der Waals surface area contributed by atoms with Crippen molar-refractivity contribution in [1.29, 1.82) is 0 Å². The van der Waals surface area contributed by atoms with Crippen LogP contribution >= 0.6 is 11.3 Å². The Balaban J connectivity index is 1.91. The monoisotopic (exact) mass is 580 g/mol. The number of anilines is 1. The summed E-state index contributed by atoms with van der Waals surface area (Å²) in [7, 11) is 2.77. The molecule has 1 N–H and O–H groups in total. The van der Waals surface area contributed by atoms with E-state index in [0.29, 0.717) is 47.3 Å². The third-order valence-corrected chi connectivity index (χ3v) is 7.65. The van der Waals surface area contributed by atoms with E-state index in [1.54, 1.807) is 49.4 Å². The quantitative estimate of drug-likeness (QED) is 0.104. The lowest BCUT2D eigenvalue weighted by Gasteiger charge is -2.24. The number of rotatable bonds is 11. The molecule has 11 heteroatoms. The first-order valence-corrected chi connectivity index (χ1v) is 14.0. The molecule has 1 fully saturated rings. The lowest BCUT2D eigenvalue weighted by molar-refractivity contribution is -0.132. The van der Waals surface area contributed by atoms with Gasteiger partial charge in [0.15, 0.2) is 16.6 Å². The number of aryl methyl sites for hydroxylation is 1. The maximum Gasteiger partial charge on any atom is 0.350 e. The molecule has 216 valence electrons. The van der Waals surface area contributed by atoms with Crippen LogP contribution in [-0.2, 0) is 14.3 Å². The van der Waals surface area contributed by atoms with Crippen LogP contribution in [0.15, 0.2) is 48.0 Å². The molecular weight excluding hydrogens is 548 g/mol. The molecule has 10 nitrogen and oxygen atoms in total. The normalized spacial score (nSPS) is 16.1. The van der Waals surface area contributed by atoms with Crippen molar-refractivity contribution in [3.05, 3.63) is 69.7 Å². The molecule has 1 atom stereocenters. The van der Waals surface area contributed by atoms with Gasteiger partial charge in [0.1, 0.15) is 16.4 Å². The van der Waals surface area contributed by atoms with Crippen LogP contribution in [0.5, 0.6) is 17.2 Å². The van der Waals surface area contributed by atoms with Crippen LogP contribution in [0.25, 0.3) is 5.76 Å². The fourth-order valence-corrected chi connectivity index (χ4v) is 5.44. The number of carbonyl (C=O) groups excluding carboxylic acids is 3. The number of aliphatic hydroxyl groups is 1. The van der Waals surface area contributed by atoms with E-state index in [0.717, 1.165) is 24.2 Å². The molecule has 4 rings (SSSR count). The number of ketones is 1. The summed E-state index contributed by atoms with van der Waals surface area (Å²) in [6.45, 7) is 6.37. The number of thiazole rings is 1. The minimum absolute atomic E-state index is 0.116. The van der Waals surface area contributed by atoms with Gasteiger partial charge in [0, 0.05) is 5.56 Å². The van der Waals surface area contributed by atoms with Gasteiger partial charge in [-0.05, 0) is 62.2 Å². The minimum atomic E-state index is -1.07. The smallest absolute Gasteiger partial charge is 0.350 e. The third kappa shape index (κ3) is 5.90. The largest absolute Gasteiger partial charge is 0.507 e. The van der Waals surface area contributed by atoms with E-state index in [1.807, 2.05) is 6.92 Å². The molecular formula is C30H32N2O8S. The van der Waals surface area contributed by atoms with Crippen molar-refractivity contribution in [1.82, 2.24) is 4.98 Å². The highest BCUT2D eigenvalue weighted by molar-refractivity contribution is 7.17. The lowest BCUT2D eigenvalue weighted by Crippen LogP contribution is -2.29. The van der Waals surface area contributed by atoms with Crippen molar-refractivity contribution in [2.24, 2.45) is 0 Å². The van der Waals surface area contributed by atoms with E-state index in [1.165, 1.54) is 19.1 Å². The van der Waals surface area contributed by atoms with Gasteiger partial charge in [-0.15, -0.1) is 0 Å². The second-order valence-corrected chi connectivity index (χ2v) is 10.1. The number of amides is 1. The molecule has 3 aromatic rings. The van der Waals surface area contributed by atoms with Gasteiger partial charge in [0.25, 0.3) is 5.78 Å². The summed E-state index contributed by atoms with van der Waals surface area (Å²) in [5.74, 6) is -1.23. The maximum absolute atomic E-state index is 13.6. The molecule has 41 heavy (non-hydrogen) atoms. The average molecular weight is 581 g/mol. The van der Waals surface area contributed by atoms with Crippen molar-refractivity contribution in [3.63, 3.8) is 0 Å². The average Bonchev–Trinajstić information content (AvgIpc) is 3.49. The van der Waals surface area contributed by atoms with Gasteiger partial charge < -0.3 is 24.1 Å². The van der Waals surface area contributed by atoms with Gasteiger partial charge in [-0.25, -0.2) is 9.78 Å². The number of methoxy groups -OCH3 is 2. The van der Waals surface area contributed by atoms with Crippen molar-refractivity contribution < 1.29 is 38.4 Å². The molecule has 1 aromatic heterocycles. The standard InChI is InChI=1S/C30H32N2O8S/c1-6-8-15-40-21-14-11-19(16-22(21)39-7-2)24-23(25(33)18-9-12-20(37-4)13-10-18)26(34)28(35)32(24)30-31-17(3)27(41-30)29(36)38-5/h9-14,16,24,33H,6-8,15H2,1-5H3/b25-23+. The number of hydrogen-bond donors (Lipinski definition) is 1. The zero-order valence-electron chi connectivity index (χ0n) is 23.6. The number of carbonyl (C=O) groups is 3. The first kappa shape index (κ1) is 29.6. The number of esters is 1. The van der Waals surface area contributed by atoms with Crippen LogP contribution in [0.4, 0.5) is 5.13 Å². The third-order valence-electron chi connectivity index (χ3n) is 6.51. The number of nitrogens with zero attached hydrogens (tertiary/aromatic N) is 2. The Morgan fingerprint density at radius 3 is 2.41 bits per heavy atom. The predicted octanol–water partition coefficient (Wildman–Crippen LogP) is 5.45. The molecule has 0 bridgehead atoms. The van der Waals surface area contributed by atoms with Gasteiger partial charge in [0.05, 0.1) is 44.7 Å².